The molecule has 7 atom stereocenters. The van der Waals surface area contributed by atoms with Gasteiger partial charge in [-0.1, -0.05) is 48.0 Å². The zero-order chi connectivity index (χ0) is 31.9. The largest absolute Gasteiger partial charge is 0.361 e. The van der Waals surface area contributed by atoms with Gasteiger partial charge in [-0.3, -0.25) is 19.2 Å². The molecule has 0 aliphatic carbocycles. The molecule has 0 aromatic heterocycles. The molecule has 0 aromatic rings. The van der Waals surface area contributed by atoms with E-state index < -0.39 is 35.5 Å². The molecule has 4 unspecified atom stereocenters. The second-order valence-electron chi connectivity index (χ2n) is 13.9. The molecule has 5 N–H and O–H groups in total. The maximum Gasteiger partial charge on any atom is 0.315 e. The summed E-state index contributed by atoms with van der Waals surface area (Å²) >= 11 is 1.85. The van der Waals surface area contributed by atoms with Crippen LogP contribution < -0.4 is 26.6 Å². The Morgan fingerprint density at radius 2 is 1.40 bits per heavy atom. The first-order chi connectivity index (χ1) is 20.2. The molecule has 11 nitrogen and oxygen atoms in total. The first-order valence-corrected chi connectivity index (χ1v) is 17.0. The summed E-state index contributed by atoms with van der Waals surface area (Å²) < 4.78 is 5.35. The quantitative estimate of drug-likeness (QED) is 0.0892. The van der Waals surface area contributed by atoms with E-state index in [0.29, 0.717) is 44.0 Å². The van der Waals surface area contributed by atoms with Crippen LogP contribution in [0.5, 0.6) is 0 Å². The van der Waals surface area contributed by atoms with Crippen LogP contribution in [0.25, 0.3) is 0 Å². The van der Waals surface area contributed by atoms with E-state index in [9.17, 15) is 24.0 Å². The molecule has 3 fully saturated rings. The molecule has 3 aliphatic heterocycles. The third kappa shape index (κ3) is 10.7. The highest BCUT2D eigenvalue weighted by molar-refractivity contribution is 8.00. The molecule has 3 saturated heterocycles. The topological polar surface area (TPSA) is 158 Å². The number of ether oxygens (including phenoxy) is 1. The molecular formula is C31H53N5O6S. The molecule has 0 spiro atoms. The number of amides is 5. The number of thioether (sulfide) groups is 1. The van der Waals surface area contributed by atoms with Gasteiger partial charge in [-0.25, -0.2) is 4.79 Å². The van der Waals surface area contributed by atoms with Crippen molar-refractivity contribution in [2.75, 3.05) is 12.4 Å². The number of hydrogen-bond acceptors (Lipinski definition) is 7. The molecule has 0 aromatic carbocycles. The number of Topliss-reactive ketones (excluding diaryl/α,β-unsaturated/α-hetero) is 1. The van der Waals surface area contributed by atoms with Gasteiger partial charge in [-0.05, 0) is 56.8 Å². The Bertz CT molecular complexity index is 1020. The van der Waals surface area contributed by atoms with E-state index in [1.807, 2.05) is 53.3 Å². The zero-order valence-electron chi connectivity index (χ0n) is 26.9. The number of unbranched alkanes of at least 4 members (excludes halogenated alkanes) is 1. The summed E-state index contributed by atoms with van der Waals surface area (Å²) in [4.78, 5) is 64.5. The summed E-state index contributed by atoms with van der Waals surface area (Å²) in [6, 6.07) is -2.09. The summed E-state index contributed by atoms with van der Waals surface area (Å²) in [5.74, 6) is 0.186. The molecule has 5 amide bonds. The summed E-state index contributed by atoms with van der Waals surface area (Å²) in [5, 5.41) is 15.0. The minimum atomic E-state index is -0.863. The summed E-state index contributed by atoms with van der Waals surface area (Å²) in [6.07, 6.45) is 4.05. The highest BCUT2D eigenvalue weighted by Gasteiger charge is 2.50. The lowest BCUT2D eigenvalue weighted by molar-refractivity contribution is -0.134. The molecule has 3 rings (SSSR count). The smallest absolute Gasteiger partial charge is 0.315 e. The fraction of sp³-hybridized carbons (Fsp3) is 0.839. The van der Waals surface area contributed by atoms with Gasteiger partial charge in [0.05, 0.1) is 24.7 Å². The maximum atomic E-state index is 13.5. The minimum Gasteiger partial charge on any atom is -0.361 e. The lowest BCUT2D eigenvalue weighted by atomic mass is 9.92. The van der Waals surface area contributed by atoms with Crippen LogP contribution in [-0.4, -0.2) is 83.0 Å². The Balaban J connectivity index is 1.54. The van der Waals surface area contributed by atoms with Crippen LogP contribution in [-0.2, 0) is 23.9 Å². The van der Waals surface area contributed by atoms with Crippen LogP contribution in [0.4, 0.5) is 4.79 Å². The van der Waals surface area contributed by atoms with Crippen molar-refractivity contribution in [3.05, 3.63) is 0 Å². The first-order valence-electron chi connectivity index (χ1n) is 16.0. The lowest BCUT2D eigenvalue weighted by Gasteiger charge is -2.27. The number of rotatable bonds is 18. The molecule has 12 heteroatoms. The molecule has 0 bridgehead atoms. The Kier molecular flexibility index (Phi) is 12.7. The Hall–Kier alpha value is -2.34. The third-order valence-corrected chi connectivity index (χ3v) is 9.73. The maximum absolute atomic E-state index is 13.5. The van der Waals surface area contributed by atoms with Crippen molar-refractivity contribution in [3.8, 4) is 0 Å². The molecule has 0 radical (unpaired) electrons. The van der Waals surface area contributed by atoms with Crippen molar-refractivity contribution in [1.29, 1.82) is 0 Å². The molecular weight excluding hydrogens is 570 g/mol. The van der Waals surface area contributed by atoms with Crippen LogP contribution in [0, 0.1) is 17.8 Å². The zero-order valence-corrected chi connectivity index (χ0v) is 27.7. The van der Waals surface area contributed by atoms with Gasteiger partial charge in [0.25, 0.3) is 0 Å². The predicted octanol–water partition coefficient (Wildman–Crippen LogP) is 2.66. The van der Waals surface area contributed by atoms with Gasteiger partial charge in [0.2, 0.25) is 17.7 Å². The van der Waals surface area contributed by atoms with Crippen molar-refractivity contribution in [3.63, 3.8) is 0 Å². The van der Waals surface area contributed by atoms with Gasteiger partial charge in [0.1, 0.15) is 17.7 Å². The monoisotopic (exact) mass is 623 g/mol. The van der Waals surface area contributed by atoms with Crippen molar-refractivity contribution in [2.24, 2.45) is 17.8 Å². The van der Waals surface area contributed by atoms with Crippen LogP contribution >= 0.6 is 11.8 Å². The van der Waals surface area contributed by atoms with E-state index in [1.54, 1.807) is 6.92 Å². The highest BCUT2D eigenvalue weighted by atomic mass is 32.2. The summed E-state index contributed by atoms with van der Waals surface area (Å²) in [7, 11) is 0. The fourth-order valence-corrected chi connectivity index (χ4v) is 7.36. The van der Waals surface area contributed by atoms with Crippen LogP contribution in [0.15, 0.2) is 0 Å². The normalized spacial score (nSPS) is 26.4. The number of carbonyl (C=O) groups excluding carboxylic acids is 5. The Labute approximate surface area is 260 Å². The van der Waals surface area contributed by atoms with E-state index in [1.165, 1.54) is 0 Å². The first kappa shape index (κ1) is 35.1. The van der Waals surface area contributed by atoms with Gasteiger partial charge in [-0.15, -0.1) is 0 Å². The fourth-order valence-electron chi connectivity index (χ4n) is 5.81. The van der Waals surface area contributed by atoms with E-state index in [2.05, 4.69) is 26.6 Å². The number of fused-ring (bicyclic) bond motifs is 1. The summed E-state index contributed by atoms with van der Waals surface area (Å²) in [5.41, 5.74) is -0.863. The van der Waals surface area contributed by atoms with Crippen molar-refractivity contribution in [1.82, 2.24) is 26.6 Å². The van der Waals surface area contributed by atoms with Gasteiger partial charge >= 0.3 is 6.03 Å². The minimum absolute atomic E-state index is 0.103. The van der Waals surface area contributed by atoms with Gasteiger partial charge in [0, 0.05) is 17.4 Å². The van der Waals surface area contributed by atoms with Gasteiger partial charge in [0.15, 0.2) is 5.78 Å². The predicted molar refractivity (Wildman–Crippen MR) is 167 cm³/mol. The van der Waals surface area contributed by atoms with Crippen LogP contribution in [0.1, 0.15) is 93.4 Å². The third-order valence-electron chi connectivity index (χ3n) is 8.22. The molecule has 244 valence electrons. The van der Waals surface area contributed by atoms with Crippen molar-refractivity contribution in [2.45, 2.75) is 134 Å². The van der Waals surface area contributed by atoms with E-state index in [0.717, 1.165) is 18.6 Å². The van der Waals surface area contributed by atoms with E-state index >= 15 is 0 Å². The molecule has 43 heavy (non-hydrogen) atoms. The molecule has 0 saturated carbocycles. The van der Waals surface area contributed by atoms with Gasteiger partial charge in [-0.2, -0.15) is 11.8 Å². The number of hydrogen-bond donors (Lipinski definition) is 5. The second kappa shape index (κ2) is 15.6. The van der Waals surface area contributed by atoms with Crippen molar-refractivity contribution >= 4 is 41.3 Å². The van der Waals surface area contributed by atoms with Gasteiger partial charge < -0.3 is 31.3 Å². The number of epoxide rings is 1. The highest BCUT2D eigenvalue weighted by Crippen LogP contribution is 2.33. The Morgan fingerprint density at radius 1 is 0.860 bits per heavy atom. The number of nitrogens with one attached hydrogen (secondary N) is 5. The summed E-state index contributed by atoms with van der Waals surface area (Å²) in [6.45, 7) is 14.0. The second-order valence-corrected chi connectivity index (χ2v) is 15.2. The Morgan fingerprint density at radius 3 is 1.95 bits per heavy atom. The molecule has 3 heterocycles. The van der Waals surface area contributed by atoms with E-state index in [4.69, 9.17) is 4.74 Å². The SMILES string of the molecule is CC(C)CC(NC(=O)[C@H](CC(C)C)NC(=O)[C@H](CC(C)C)NC(=O)CCCCC1SCC2NC(=O)NC21)C(=O)[C@@]1(C)CO1. The average Bonchev–Trinajstić information content (AvgIpc) is 3.39. The van der Waals surface area contributed by atoms with E-state index in [-0.39, 0.29) is 47.6 Å². The number of urea groups is 1. The molecule has 3 aliphatic rings. The lowest BCUT2D eigenvalue weighted by Crippen LogP contribution is -2.57. The van der Waals surface area contributed by atoms with Crippen LogP contribution in [0.2, 0.25) is 0 Å². The van der Waals surface area contributed by atoms with Crippen LogP contribution in [0.3, 0.4) is 0 Å². The number of carbonyl (C=O) groups is 5. The van der Waals surface area contributed by atoms with Crippen molar-refractivity contribution < 1.29 is 28.7 Å². The number of ketones is 1. The standard InChI is InChI=1S/C31H53N5O6S/c1-17(2)12-20(27(38)31(7)16-42-31)33-29(40)22(14-19(5)6)34-28(39)21(13-18(3)4)32-25(37)11-9-8-10-24-26-23(15-43-24)35-30(41)36-26/h17-24,26H,8-16H2,1-7H3,(H,32,37)(H,33,40)(H,34,39)(H2,35,36,41)/t20?,21-,22-,23?,24?,26?,31+/m0/s1. The average molecular weight is 624 g/mol.